The maximum absolute atomic E-state index is 13.3. The summed E-state index contributed by atoms with van der Waals surface area (Å²) < 4.78 is 28.1. The van der Waals surface area contributed by atoms with Crippen LogP contribution < -0.4 is 5.56 Å². The van der Waals surface area contributed by atoms with E-state index in [1.54, 1.807) is 6.92 Å². The first-order valence-electron chi connectivity index (χ1n) is 6.05. The predicted octanol–water partition coefficient (Wildman–Crippen LogP) is 2.77. The number of rotatable bonds is 2. The Bertz CT molecular complexity index is 869. The van der Waals surface area contributed by atoms with E-state index in [0.717, 1.165) is 10.7 Å². The number of aromatic nitrogens is 4. The first kappa shape index (κ1) is 13.9. The van der Waals surface area contributed by atoms with Gasteiger partial charge in [-0.2, -0.15) is 5.10 Å². The van der Waals surface area contributed by atoms with Crippen molar-refractivity contribution in [1.82, 2.24) is 19.7 Å². The molecular formula is C13H9BrF2N4O. The van der Waals surface area contributed by atoms with Crippen LogP contribution in [0.1, 0.15) is 18.5 Å². The SMILES string of the molecule is CC(c1cc(F)cc(F)c1)n1ncc2[nH]c(Br)nc2c1=O. The maximum Gasteiger partial charge on any atom is 0.295 e. The van der Waals surface area contributed by atoms with Crippen LogP contribution in [0.4, 0.5) is 8.78 Å². The number of halogens is 3. The summed E-state index contributed by atoms with van der Waals surface area (Å²) in [6.45, 7) is 1.64. The van der Waals surface area contributed by atoms with Gasteiger partial charge in [0, 0.05) is 6.07 Å². The third-order valence-electron chi connectivity index (χ3n) is 3.16. The van der Waals surface area contributed by atoms with Gasteiger partial charge in [-0.1, -0.05) is 0 Å². The molecule has 0 aliphatic heterocycles. The van der Waals surface area contributed by atoms with Crippen LogP contribution in [0.15, 0.2) is 33.9 Å². The Morgan fingerprint density at radius 2 is 1.95 bits per heavy atom. The molecule has 21 heavy (non-hydrogen) atoms. The van der Waals surface area contributed by atoms with Gasteiger partial charge in [0.05, 0.1) is 17.8 Å². The van der Waals surface area contributed by atoms with E-state index in [1.807, 2.05) is 0 Å². The third-order valence-corrected chi connectivity index (χ3v) is 3.53. The van der Waals surface area contributed by atoms with Crippen molar-refractivity contribution in [1.29, 1.82) is 0 Å². The van der Waals surface area contributed by atoms with Crippen LogP contribution in [0, 0.1) is 11.6 Å². The zero-order valence-corrected chi connectivity index (χ0v) is 12.4. The van der Waals surface area contributed by atoms with Crippen molar-refractivity contribution in [2.24, 2.45) is 0 Å². The second-order valence-electron chi connectivity index (χ2n) is 4.56. The highest BCUT2D eigenvalue weighted by Crippen LogP contribution is 2.19. The molecule has 2 heterocycles. The van der Waals surface area contributed by atoms with Gasteiger partial charge in [0.25, 0.3) is 5.56 Å². The van der Waals surface area contributed by atoms with E-state index in [2.05, 4.69) is 31.0 Å². The number of benzene rings is 1. The Balaban J connectivity index is 2.15. The van der Waals surface area contributed by atoms with E-state index in [0.29, 0.717) is 15.8 Å². The lowest BCUT2D eigenvalue weighted by atomic mass is 10.1. The number of nitrogens with one attached hydrogen (secondary N) is 1. The molecule has 1 unspecified atom stereocenters. The van der Waals surface area contributed by atoms with Crippen molar-refractivity contribution < 1.29 is 8.78 Å². The van der Waals surface area contributed by atoms with Gasteiger partial charge in [-0.05, 0) is 40.5 Å². The number of aromatic amines is 1. The molecule has 0 saturated heterocycles. The van der Waals surface area contributed by atoms with E-state index in [4.69, 9.17) is 0 Å². The summed E-state index contributed by atoms with van der Waals surface area (Å²) in [5, 5.41) is 4.02. The molecule has 5 nitrogen and oxygen atoms in total. The fraction of sp³-hybridized carbons (Fsp3) is 0.154. The van der Waals surface area contributed by atoms with Crippen LogP contribution in [0.3, 0.4) is 0 Å². The lowest BCUT2D eigenvalue weighted by Crippen LogP contribution is -2.26. The molecule has 0 aliphatic rings. The number of nitrogens with zero attached hydrogens (tertiary/aromatic N) is 3. The molecular weight excluding hydrogens is 346 g/mol. The smallest absolute Gasteiger partial charge is 0.295 e. The maximum atomic E-state index is 13.3. The van der Waals surface area contributed by atoms with Gasteiger partial charge in [0.1, 0.15) is 11.6 Å². The second kappa shape index (κ2) is 5.03. The normalized spacial score (nSPS) is 12.8. The molecule has 8 heteroatoms. The summed E-state index contributed by atoms with van der Waals surface area (Å²) in [5.41, 5.74) is 0.573. The first-order valence-corrected chi connectivity index (χ1v) is 6.84. The Kier molecular flexibility index (Phi) is 3.32. The van der Waals surface area contributed by atoms with Crippen LogP contribution in [-0.2, 0) is 0 Å². The number of hydrogen-bond donors (Lipinski definition) is 1. The zero-order valence-electron chi connectivity index (χ0n) is 10.8. The average molecular weight is 355 g/mol. The fourth-order valence-corrected chi connectivity index (χ4v) is 2.52. The van der Waals surface area contributed by atoms with Gasteiger partial charge in [-0.3, -0.25) is 4.79 Å². The molecule has 0 amide bonds. The van der Waals surface area contributed by atoms with E-state index >= 15 is 0 Å². The molecule has 2 aromatic heterocycles. The molecule has 108 valence electrons. The standard InChI is InChI=1S/C13H9BrF2N4O/c1-6(7-2-8(15)4-9(16)3-7)20-12(21)11-10(5-17-20)18-13(14)19-11/h2-6H,1H3,(H,18,19). The van der Waals surface area contributed by atoms with Gasteiger partial charge in [0.2, 0.25) is 0 Å². The monoisotopic (exact) mass is 354 g/mol. The topological polar surface area (TPSA) is 63.6 Å². The Morgan fingerprint density at radius 3 is 2.62 bits per heavy atom. The summed E-state index contributed by atoms with van der Waals surface area (Å²) in [6.07, 6.45) is 1.45. The predicted molar refractivity (Wildman–Crippen MR) is 76.0 cm³/mol. The van der Waals surface area contributed by atoms with Gasteiger partial charge in [-0.25, -0.2) is 18.4 Å². The fourth-order valence-electron chi connectivity index (χ4n) is 2.13. The molecule has 0 saturated carbocycles. The third kappa shape index (κ3) is 2.46. The molecule has 1 N–H and O–H groups in total. The minimum atomic E-state index is -0.700. The van der Waals surface area contributed by atoms with Gasteiger partial charge in [0.15, 0.2) is 10.3 Å². The number of H-pyrrole nitrogens is 1. The second-order valence-corrected chi connectivity index (χ2v) is 5.31. The number of imidazole rings is 1. The highest BCUT2D eigenvalue weighted by atomic mass is 79.9. The number of fused-ring (bicyclic) bond motifs is 1. The van der Waals surface area contributed by atoms with Crippen LogP contribution in [0.25, 0.3) is 11.0 Å². The molecule has 0 aliphatic carbocycles. The average Bonchev–Trinajstić information content (AvgIpc) is 2.79. The molecule has 3 aromatic rings. The van der Waals surface area contributed by atoms with E-state index in [1.165, 1.54) is 18.3 Å². The molecule has 3 rings (SSSR count). The highest BCUT2D eigenvalue weighted by molar-refractivity contribution is 9.10. The number of hydrogen-bond acceptors (Lipinski definition) is 3. The van der Waals surface area contributed by atoms with Gasteiger partial charge < -0.3 is 4.98 Å². The summed E-state index contributed by atoms with van der Waals surface area (Å²) >= 11 is 3.14. The molecule has 0 radical (unpaired) electrons. The van der Waals surface area contributed by atoms with E-state index in [-0.39, 0.29) is 5.52 Å². The largest absolute Gasteiger partial charge is 0.331 e. The molecule has 0 bridgehead atoms. The highest BCUT2D eigenvalue weighted by Gasteiger charge is 2.16. The summed E-state index contributed by atoms with van der Waals surface area (Å²) in [4.78, 5) is 19.2. The quantitative estimate of drug-likeness (QED) is 0.769. The van der Waals surface area contributed by atoms with Crippen LogP contribution in [-0.4, -0.2) is 19.7 Å². The van der Waals surface area contributed by atoms with Crippen molar-refractivity contribution in [2.75, 3.05) is 0 Å². The first-order chi connectivity index (χ1) is 9.95. The van der Waals surface area contributed by atoms with Crippen molar-refractivity contribution in [3.05, 3.63) is 56.7 Å². The van der Waals surface area contributed by atoms with E-state index in [9.17, 15) is 13.6 Å². The van der Waals surface area contributed by atoms with Crippen molar-refractivity contribution in [3.63, 3.8) is 0 Å². The van der Waals surface area contributed by atoms with E-state index < -0.39 is 23.2 Å². The molecule has 1 atom stereocenters. The minimum absolute atomic E-state index is 0.209. The Morgan fingerprint density at radius 1 is 1.29 bits per heavy atom. The van der Waals surface area contributed by atoms with Crippen LogP contribution in [0.5, 0.6) is 0 Å². The Hall–Kier alpha value is -2.09. The van der Waals surface area contributed by atoms with Crippen molar-refractivity contribution in [2.45, 2.75) is 13.0 Å². The zero-order chi connectivity index (χ0) is 15.1. The van der Waals surface area contributed by atoms with Crippen LogP contribution in [0.2, 0.25) is 0 Å². The molecule has 0 spiro atoms. The Labute approximate surface area is 125 Å². The summed E-state index contributed by atoms with van der Waals surface area (Å²) in [6, 6.07) is 2.50. The lowest BCUT2D eigenvalue weighted by molar-refractivity contribution is 0.521. The van der Waals surface area contributed by atoms with Crippen molar-refractivity contribution >= 4 is 27.0 Å². The molecule has 1 aromatic carbocycles. The minimum Gasteiger partial charge on any atom is -0.331 e. The lowest BCUT2D eigenvalue weighted by Gasteiger charge is -2.14. The summed E-state index contributed by atoms with van der Waals surface area (Å²) in [5.74, 6) is -1.40. The molecule has 0 fully saturated rings. The summed E-state index contributed by atoms with van der Waals surface area (Å²) in [7, 11) is 0. The van der Waals surface area contributed by atoms with Crippen molar-refractivity contribution in [3.8, 4) is 0 Å². The van der Waals surface area contributed by atoms with Gasteiger partial charge in [-0.15, -0.1) is 0 Å². The van der Waals surface area contributed by atoms with Gasteiger partial charge >= 0.3 is 0 Å². The van der Waals surface area contributed by atoms with Crippen LogP contribution >= 0.6 is 15.9 Å².